The molecule has 0 aromatic carbocycles. The molecule has 50 valence electrons. The molecule has 0 aliphatic rings. The highest BCUT2D eigenvalue weighted by atomic mass is 14.1. The fourth-order valence-corrected chi connectivity index (χ4v) is 0.437. The molecule has 0 rings (SSSR count). The van der Waals surface area contributed by atoms with Crippen molar-refractivity contribution in [2.24, 2.45) is 5.41 Å². The second-order valence-electron chi connectivity index (χ2n) is 3.24. The second-order valence-corrected chi connectivity index (χ2v) is 3.24. The lowest BCUT2D eigenvalue weighted by Crippen LogP contribution is -2.03. The van der Waals surface area contributed by atoms with E-state index >= 15 is 0 Å². The fourth-order valence-electron chi connectivity index (χ4n) is 0.437. The molecule has 0 aliphatic carbocycles. The first-order chi connectivity index (χ1) is 5.46. The molecule has 0 radical (unpaired) electrons. The Balaban J connectivity index is 4.21. The van der Waals surface area contributed by atoms with Gasteiger partial charge in [0.1, 0.15) is 0 Å². The number of rotatable bonds is 2. The topological polar surface area (TPSA) is 0 Å². The SMILES string of the molecule is [2H]C([2H])([2H])C([2H])([2H])CCC(C)(C)C. The van der Waals surface area contributed by atoms with Crippen molar-refractivity contribution in [1.82, 2.24) is 0 Å². The van der Waals surface area contributed by atoms with Crippen molar-refractivity contribution in [3.05, 3.63) is 0 Å². The smallest absolute Gasteiger partial charge is 0.0264 e. The van der Waals surface area contributed by atoms with Crippen molar-refractivity contribution in [1.29, 1.82) is 0 Å². The maximum Gasteiger partial charge on any atom is 0.0264 e. The largest absolute Gasteiger partial charge is 0.0654 e. The quantitative estimate of drug-likeness (QED) is 0.523. The summed E-state index contributed by atoms with van der Waals surface area (Å²) in [7, 11) is 0. The molecule has 0 saturated heterocycles. The number of hydrogen-bond acceptors (Lipinski definition) is 0. The lowest BCUT2D eigenvalue weighted by atomic mass is 9.90. The molecule has 0 amide bonds. The van der Waals surface area contributed by atoms with Crippen molar-refractivity contribution >= 4 is 0 Å². The van der Waals surface area contributed by atoms with Crippen LogP contribution in [0.4, 0.5) is 0 Å². The van der Waals surface area contributed by atoms with Crippen LogP contribution in [0.1, 0.15) is 53.7 Å². The summed E-state index contributed by atoms with van der Waals surface area (Å²) in [6, 6.07) is 0. The number of hydrogen-bond donors (Lipinski definition) is 0. The second kappa shape index (κ2) is 3.11. The van der Waals surface area contributed by atoms with E-state index in [9.17, 15) is 0 Å². The van der Waals surface area contributed by atoms with Gasteiger partial charge in [-0.05, 0) is 11.8 Å². The van der Waals surface area contributed by atoms with Gasteiger partial charge in [0.05, 0.1) is 0 Å². The van der Waals surface area contributed by atoms with E-state index in [1.807, 2.05) is 20.8 Å². The Bertz CT molecular complexity index is 162. The first kappa shape index (κ1) is 2.72. The highest BCUT2D eigenvalue weighted by Gasteiger charge is 2.07. The van der Waals surface area contributed by atoms with Crippen LogP contribution in [0.5, 0.6) is 0 Å². The van der Waals surface area contributed by atoms with Gasteiger partial charge in [-0.25, -0.2) is 0 Å². The Morgan fingerprint density at radius 2 is 2.12 bits per heavy atom. The lowest BCUT2D eigenvalue weighted by molar-refractivity contribution is 0.363. The zero-order valence-electron chi connectivity index (χ0n) is 10.9. The van der Waals surface area contributed by atoms with Crippen LogP contribution in [-0.2, 0) is 0 Å². The zero-order valence-corrected chi connectivity index (χ0v) is 5.91. The molecule has 0 saturated carbocycles. The van der Waals surface area contributed by atoms with Crippen LogP contribution in [-0.4, -0.2) is 0 Å². The van der Waals surface area contributed by atoms with Crippen molar-refractivity contribution in [3.63, 3.8) is 0 Å². The highest BCUT2D eigenvalue weighted by Crippen LogP contribution is 2.20. The van der Waals surface area contributed by atoms with E-state index in [0.29, 0.717) is 6.42 Å². The summed E-state index contributed by atoms with van der Waals surface area (Å²) in [5, 5.41) is 0. The Morgan fingerprint density at radius 3 is 2.50 bits per heavy atom. The third kappa shape index (κ3) is 6.00. The van der Waals surface area contributed by atoms with Crippen molar-refractivity contribution < 1.29 is 6.85 Å². The Hall–Kier alpha value is 0. The van der Waals surface area contributed by atoms with Crippen LogP contribution in [0, 0.1) is 5.41 Å². The molecule has 0 bridgehead atoms. The van der Waals surface area contributed by atoms with E-state index < -0.39 is 13.2 Å². The molecule has 0 heteroatoms. The molecule has 0 nitrogen and oxygen atoms in total. The molecule has 0 aromatic rings. The van der Waals surface area contributed by atoms with Crippen LogP contribution in [0.15, 0.2) is 0 Å². The van der Waals surface area contributed by atoms with Gasteiger partial charge >= 0.3 is 0 Å². The molecule has 0 unspecified atom stereocenters. The Labute approximate surface area is 60.3 Å². The molecule has 0 N–H and O–H groups in total. The van der Waals surface area contributed by atoms with Gasteiger partial charge in [-0.15, -0.1) is 0 Å². The van der Waals surface area contributed by atoms with E-state index in [1.165, 1.54) is 0 Å². The lowest BCUT2D eigenvalue weighted by Gasteiger charge is -2.16. The summed E-state index contributed by atoms with van der Waals surface area (Å²) >= 11 is 0. The molecule has 0 atom stereocenters. The van der Waals surface area contributed by atoms with Crippen LogP contribution >= 0.6 is 0 Å². The van der Waals surface area contributed by atoms with E-state index in [4.69, 9.17) is 6.85 Å². The average molecular weight is 119 g/mol. The van der Waals surface area contributed by atoms with E-state index in [2.05, 4.69) is 0 Å². The van der Waals surface area contributed by atoms with E-state index in [1.54, 1.807) is 0 Å². The van der Waals surface area contributed by atoms with E-state index in [0.717, 1.165) is 0 Å². The first-order valence-corrected chi connectivity index (χ1v) is 2.96. The summed E-state index contributed by atoms with van der Waals surface area (Å²) in [5.74, 6) is 0. The van der Waals surface area contributed by atoms with Gasteiger partial charge < -0.3 is 0 Å². The van der Waals surface area contributed by atoms with Crippen LogP contribution < -0.4 is 0 Å². The van der Waals surface area contributed by atoms with Gasteiger partial charge in [0.25, 0.3) is 0 Å². The average Bonchev–Trinajstić information content (AvgIpc) is 1.79. The third-order valence-electron chi connectivity index (χ3n) is 1.000. The zero-order chi connectivity index (χ0) is 10.9. The Kier molecular flexibility index (Phi) is 1.06. The third-order valence-corrected chi connectivity index (χ3v) is 1.000. The first-order valence-electron chi connectivity index (χ1n) is 5.46. The molecule has 8 heavy (non-hydrogen) atoms. The molecule has 0 aromatic heterocycles. The van der Waals surface area contributed by atoms with Crippen LogP contribution in [0.2, 0.25) is 0 Å². The highest BCUT2D eigenvalue weighted by molar-refractivity contribution is 4.59. The van der Waals surface area contributed by atoms with Crippen LogP contribution in [0.25, 0.3) is 0 Å². The monoisotopic (exact) mass is 119 g/mol. The molecular weight excluding hydrogens is 96.1 g/mol. The van der Waals surface area contributed by atoms with Gasteiger partial charge in [0, 0.05) is 6.85 Å². The standard InChI is InChI=1S/C8H18/c1-5-6-7-8(2,3)4/h5-7H2,1-4H3/i1D3,5D2. The maximum atomic E-state index is 7.36. The van der Waals surface area contributed by atoms with Gasteiger partial charge in [-0.2, -0.15) is 0 Å². The van der Waals surface area contributed by atoms with Crippen molar-refractivity contribution in [2.75, 3.05) is 0 Å². The minimum Gasteiger partial charge on any atom is -0.0654 e. The molecule has 0 heterocycles. The summed E-state index contributed by atoms with van der Waals surface area (Å²) < 4.78 is 35.7. The summed E-state index contributed by atoms with van der Waals surface area (Å²) in [4.78, 5) is 0. The molecule has 0 fully saturated rings. The predicted molar refractivity (Wildman–Crippen MR) is 39.0 cm³/mol. The van der Waals surface area contributed by atoms with E-state index in [-0.39, 0.29) is 11.8 Å². The predicted octanol–water partition coefficient (Wildman–Crippen LogP) is 3.22. The molecule has 0 aliphatic heterocycles. The minimum atomic E-state index is -2.50. The normalized spacial score (nSPS) is 24.6. The van der Waals surface area contributed by atoms with Gasteiger partial charge in [0.2, 0.25) is 0 Å². The molecular formula is C8H18. The minimum absolute atomic E-state index is 0.0153. The summed E-state index contributed by atoms with van der Waals surface area (Å²) in [6.07, 6.45) is -1.38. The van der Waals surface area contributed by atoms with Crippen LogP contribution in [0.3, 0.4) is 0 Å². The summed E-state index contributed by atoms with van der Waals surface area (Å²) in [5.41, 5.74) is -0.0153. The van der Waals surface area contributed by atoms with Crippen molar-refractivity contribution in [3.8, 4) is 0 Å². The summed E-state index contributed by atoms with van der Waals surface area (Å²) in [6.45, 7) is 3.42. The molecule has 0 spiro atoms. The van der Waals surface area contributed by atoms with Gasteiger partial charge in [-0.1, -0.05) is 40.4 Å². The van der Waals surface area contributed by atoms with Gasteiger partial charge in [-0.3, -0.25) is 0 Å². The Morgan fingerprint density at radius 1 is 1.50 bits per heavy atom. The van der Waals surface area contributed by atoms with Gasteiger partial charge in [0.15, 0.2) is 0 Å². The van der Waals surface area contributed by atoms with Crippen molar-refractivity contribution in [2.45, 2.75) is 46.8 Å². The maximum absolute atomic E-state index is 7.36. The fraction of sp³-hybridized carbons (Fsp3) is 1.00.